The van der Waals surface area contributed by atoms with Crippen molar-refractivity contribution in [3.05, 3.63) is 0 Å². The summed E-state index contributed by atoms with van der Waals surface area (Å²) >= 11 is 0. The number of hydrogen-bond acceptors (Lipinski definition) is 2. The third-order valence-electron chi connectivity index (χ3n) is 2.47. The number of likely N-dealkylation sites (N-methyl/N-ethyl adjacent to an activating group) is 2. The van der Waals surface area contributed by atoms with Crippen LogP contribution >= 0.6 is 0 Å². The van der Waals surface area contributed by atoms with Crippen molar-refractivity contribution in [1.29, 1.82) is 0 Å². The van der Waals surface area contributed by atoms with Crippen LogP contribution in [0, 0.1) is 5.92 Å². The van der Waals surface area contributed by atoms with Crippen molar-refractivity contribution in [3.63, 3.8) is 0 Å². The fraction of sp³-hybridized carbons (Fsp3) is 1.00. The molecule has 0 spiro atoms. The first kappa shape index (κ1) is 11.9. The maximum Gasteiger partial charge on any atom is 0.0104 e. The largest absolute Gasteiger partial charge is 0.318 e. The first-order valence-electron chi connectivity index (χ1n) is 5.07. The highest BCUT2D eigenvalue weighted by atomic mass is 15.1. The number of nitrogens with zero attached hydrogens (tertiary/aromatic N) is 1. The average molecular weight is 172 g/mol. The van der Waals surface area contributed by atoms with Crippen LogP contribution in [0.2, 0.25) is 0 Å². The van der Waals surface area contributed by atoms with Gasteiger partial charge in [-0.25, -0.2) is 0 Å². The minimum atomic E-state index is 0.881. The van der Waals surface area contributed by atoms with Crippen molar-refractivity contribution in [1.82, 2.24) is 10.2 Å². The molecular weight excluding hydrogens is 148 g/mol. The van der Waals surface area contributed by atoms with Gasteiger partial charge in [0.15, 0.2) is 0 Å². The molecule has 12 heavy (non-hydrogen) atoms. The summed E-state index contributed by atoms with van der Waals surface area (Å²) in [6, 6.07) is 0. The Morgan fingerprint density at radius 2 is 1.83 bits per heavy atom. The van der Waals surface area contributed by atoms with Gasteiger partial charge in [0.05, 0.1) is 0 Å². The van der Waals surface area contributed by atoms with E-state index in [0.29, 0.717) is 0 Å². The van der Waals surface area contributed by atoms with Gasteiger partial charge in [0.2, 0.25) is 0 Å². The van der Waals surface area contributed by atoms with E-state index in [2.05, 4.69) is 31.1 Å². The van der Waals surface area contributed by atoms with Crippen LogP contribution in [-0.4, -0.2) is 38.6 Å². The van der Waals surface area contributed by atoms with Gasteiger partial charge in [-0.3, -0.25) is 0 Å². The second-order valence-electron chi connectivity index (χ2n) is 3.55. The first-order chi connectivity index (χ1) is 5.74. The van der Waals surface area contributed by atoms with Crippen molar-refractivity contribution in [2.45, 2.75) is 26.7 Å². The SMILES string of the molecule is CCC(CC)CN(C)CCNC. The quantitative estimate of drug-likeness (QED) is 0.627. The molecule has 0 bridgehead atoms. The van der Waals surface area contributed by atoms with Crippen molar-refractivity contribution in [2.75, 3.05) is 33.7 Å². The van der Waals surface area contributed by atoms with Crippen LogP contribution in [0.5, 0.6) is 0 Å². The topological polar surface area (TPSA) is 15.3 Å². The summed E-state index contributed by atoms with van der Waals surface area (Å²) < 4.78 is 0. The monoisotopic (exact) mass is 172 g/mol. The van der Waals surface area contributed by atoms with E-state index in [9.17, 15) is 0 Å². The van der Waals surface area contributed by atoms with E-state index in [1.807, 2.05) is 7.05 Å². The molecule has 2 heteroatoms. The summed E-state index contributed by atoms with van der Waals surface area (Å²) in [6.07, 6.45) is 2.61. The second-order valence-corrected chi connectivity index (χ2v) is 3.55. The van der Waals surface area contributed by atoms with Gasteiger partial charge in [0.25, 0.3) is 0 Å². The Kier molecular flexibility index (Phi) is 7.51. The van der Waals surface area contributed by atoms with Gasteiger partial charge >= 0.3 is 0 Å². The molecule has 0 atom stereocenters. The minimum Gasteiger partial charge on any atom is -0.318 e. The summed E-state index contributed by atoms with van der Waals surface area (Å²) in [7, 11) is 4.21. The molecule has 0 unspecified atom stereocenters. The number of hydrogen-bond donors (Lipinski definition) is 1. The summed E-state index contributed by atoms with van der Waals surface area (Å²) in [5.41, 5.74) is 0. The Morgan fingerprint density at radius 3 is 2.25 bits per heavy atom. The molecule has 2 nitrogen and oxygen atoms in total. The Balaban J connectivity index is 3.44. The van der Waals surface area contributed by atoms with E-state index in [0.717, 1.165) is 19.0 Å². The molecule has 0 radical (unpaired) electrons. The third kappa shape index (κ3) is 5.56. The summed E-state index contributed by atoms with van der Waals surface area (Å²) in [4.78, 5) is 2.41. The van der Waals surface area contributed by atoms with Gasteiger partial charge in [0, 0.05) is 19.6 Å². The fourth-order valence-electron chi connectivity index (χ4n) is 1.38. The minimum absolute atomic E-state index is 0.881. The van der Waals surface area contributed by atoms with Crippen molar-refractivity contribution >= 4 is 0 Å². The summed E-state index contributed by atoms with van der Waals surface area (Å²) in [6.45, 7) is 8.05. The first-order valence-corrected chi connectivity index (χ1v) is 5.07. The lowest BCUT2D eigenvalue weighted by molar-refractivity contribution is 0.268. The molecule has 0 rings (SSSR count). The lowest BCUT2D eigenvalue weighted by Crippen LogP contribution is -2.31. The van der Waals surface area contributed by atoms with Crippen LogP contribution < -0.4 is 5.32 Å². The van der Waals surface area contributed by atoms with E-state index < -0.39 is 0 Å². The van der Waals surface area contributed by atoms with Gasteiger partial charge in [-0.15, -0.1) is 0 Å². The van der Waals surface area contributed by atoms with Gasteiger partial charge in [-0.2, -0.15) is 0 Å². The van der Waals surface area contributed by atoms with Crippen LogP contribution in [0.25, 0.3) is 0 Å². The molecule has 0 aliphatic rings. The van der Waals surface area contributed by atoms with Gasteiger partial charge < -0.3 is 10.2 Å². The van der Waals surface area contributed by atoms with Crippen LogP contribution in [-0.2, 0) is 0 Å². The molecule has 0 saturated carbocycles. The molecule has 0 amide bonds. The van der Waals surface area contributed by atoms with Gasteiger partial charge in [-0.1, -0.05) is 26.7 Å². The smallest absolute Gasteiger partial charge is 0.0104 e. The molecule has 0 fully saturated rings. The van der Waals surface area contributed by atoms with Crippen molar-refractivity contribution < 1.29 is 0 Å². The van der Waals surface area contributed by atoms with Gasteiger partial charge in [-0.05, 0) is 20.0 Å². The molecule has 1 N–H and O–H groups in total. The summed E-state index contributed by atoms with van der Waals surface area (Å²) in [5.74, 6) is 0.881. The fourth-order valence-corrected chi connectivity index (χ4v) is 1.38. The normalized spacial score (nSPS) is 11.5. The van der Waals surface area contributed by atoms with E-state index in [1.54, 1.807) is 0 Å². The van der Waals surface area contributed by atoms with E-state index in [-0.39, 0.29) is 0 Å². The zero-order valence-corrected chi connectivity index (χ0v) is 9.06. The van der Waals surface area contributed by atoms with Crippen LogP contribution in [0.4, 0.5) is 0 Å². The van der Waals surface area contributed by atoms with Crippen LogP contribution in [0.3, 0.4) is 0 Å². The van der Waals surface area contributed by atoms with E-state index in [1.165, 1.54) is 19.4 Å². The second kappa shape index (κ2) is 7.56. The Labute approximate surface area is 77.3 Å². The van der Waals surface area contributed by atoms with E-state index in [4.69, 9.17) is 0 Å². The highest BCUT2D eigenvalue weighted by Gasteiger charge is 2.06. The summed E-state index contributed by atoms with van der Waals surface area (Å²) in [5, 5.41) is 3.17. The Bertz CT molecular complexity index is 89.8. The average Bonchev–Trinajstić information content (AvgIpc) is 2.10. The molecule has 0 aliphatic heterocycles. The number of rotatable bonds is 7. The predicted molar refractivity (Wildman–Crippen MR) is 55.5 cm³/mol. The Morgan fingerprint density at radius 1 is 1.25 bits per heavy atom. The lowest BCUT2D eigenvalue weighted by atomic mass is 10.0. The van der Waals surface area contributed by atoms with Crippen LogP contribution in [0.15, 0.2) is 0 Å². The zero-order chi connectivity index (χ0) is 9.40. The maximum absolute atomic E-state index is 3.17. The van der Waals surface area contributed by atoms with E-state index >= 15 is 0 Å². The molecule has 0 aromatic heterocycles. The third-order valence-corrected chi connectivity index (χ3v) is 2.47. The predicted octanol–water partition coefficient (Wildman–Crippen LogP) is 1.57. The highest BCUT2D eigenvalue weighted by Crippen LogP contribution is 2.07. The highest BCUT2D eigenvalue weighted by molar-refractivity contribution is 4.61. The maximum atomic E-state index is 3.17. The molecular formula is C10H24N2. The zero-order valence-electron chi connectivity index (χ0n) is 9.06. The lowest BCUT2D eigenvalue weighted by Gasteiger charge is -2.21. The Hall–Kier alpha value is -0.0800. The molecule has 74 valence electrons. The van der Waals surface area contributed by atoms with Gasteiger partial charge in [0.1, 0.15) is 0 Å². The molecule has 0 saturated heterocycles. The molecule has 0 heterocycles. The molecule has 0 aromatic carbocycles. The molecule has 0 aliphatic carbocycles. The molecule has 0 aromatic rings. The standard InChI is InChI=1S/C10H24N2/c1-5-10(6-2)9-12(4)8-7-11-3/h10-11H,5-9H2,1-4H3. The van der Waals surface area contributed by atoms with Crippen molar-refractivity contribution in [3.8, 4) is 0 Å². The number of nitrogens with one attached hydrogen (secondary N) is 1. The van der Waals surface area contributed by atoms with Crippen LogP contribution in [0.1, 0.15) is 26.7 Å². The van der Waals surface area contributed by atoms with Crippen molar-refractivity contribution in [2.24, 2.45) is 5.92 Å².